The lowest BCUT2D eigenvalue weighted by molar-refractivity contribution is -0.140. The van der Waals surface area contributed by atoms with Crippen LogP contribution < -0.4 is 10.6 Å². The Morgan fingerprint density at radius 2 is 1.94 bits per heavy atom. The molecule has 11 heteroatoms. The Morgan fingerprint density at radius 3 is 2.56 bits per heavy atom. The normalized spacial score (nSPS) is 24.6. The number of aromatic amines is 1. The summed E-state index contributed by atoms with van der Waals surface area (Å²) in [6.45, 7) is 8.04. The van der Waals surface area contributed by atoms with Gasteiger partial charge in [0.25, 0.3) is 0 Å². The molecule has 1 aromatic carbocycles. The number of carbonyl (C=O) groups excluding carboxylic acids is 2. The highest BCUT2D eigenvalue weighted by Crippen LogP contribution is 2.44. The van der Waals surface area contributed by atoms with Crippen LogP contribution in [0.1, 0.15) is 45.6 Å². The van der Waals surface area contributed by atoms with E-state index in [1.165, 1.54) is 22.7 Å². The minimum atomic E-state index is -3.52. The van der Waals surface area contributed by atoms with Gasteiger partial charge in [-0.25, -0.2) is 12.8 Å². The zero-order valence-electron chi connectivity index (χ0n) is 21.6. The Kier molecular flexibility index (Phi) is 6.95. The van der Waals surface area contributed by atoms with E-state index in [-0.39, 0.29) is 36.1 Å². The van der Waals surface area contributed by atoms with Crippen molar-refractivity contribution >= 4 is 32.7 Å². The number of hydrogen-bond donors (Lipinski definition) is 3. The number of likely N-dealkylation sites (tertiary alicyclic amines) is 1. The predicted octanol–water partition coefficient (Wildman–Crippen LogP) is 1.77. The first kappa shape index (κ1) is 26.6. The molecule has 2 aliphatic heterocycles. The molecule has 3 heterocycles. The molecule has 2 fully saturated rings. The molecule has 4 rings (SSSR count). The minimum absolute atomic E-state index is 0.224. The van der Waals surface area contributed by atoms with Gasteiger partial charge in [-0.05, 0) is 49.6 Å². The molecule has 2 aromatic rings. The summed E-state index contributed by atoms with van der Waals surface area (Å²) in [6, 6.07) is 2.45. The summed E-state index contributed by atoms with van der Waals surface area (Å²) in [5, 5.41) is 6.62. The quantitative estimate of drug-likeness (QED) is 0.536. The highest BCUT2D eigenvalue weighted by atomic mass is 32.2. The van der Waals surface area contributed by atoms with Crippen LogP contribution in [0.2, 0.25) is 0 Å². The average molecular weight is 522 g/mol. The Balaban J connectivity index is 1.74. The van der Waals surface area contributed by atoms with E-state index in [4.69, 9.17) is 0 Å². The molecule has 0 bridgehead atoms. The third kappa shape index (κ3) is 4.76. The number of nitrogens with one attached hydrogen (secondary N) is 3. The molecule has 198 valence electrons. The van der Waals surface area contributed by atoms with Gasteiger partial charge in [0.05, 0.1) is 18.3 Å². The summed E-state index contributed by atoms with van der Waals surface area (Å²) >= 11 is 0. The van der Waals surface area contributed by atoms with E-state index in [1.807, 2.05) is 20.8 Å². The number of rotatable bonds is 6. The van der Waals surface area contributed by atoms with Crippen LogP contribution in [0.4, 0.5) is 4.39 Å². The number of fused-ring (bicyclic) bond motifs is 2. The van der Waals surface area contributed by atoms with Crippen LogP contribution >= 0.6 is 0 Å². The predicted molar refractivity (Wildman–Crippen MR) is 136 cm³/mol. The zero-order chi connectivity index (χ0) is 26.6. The summed E-state index contributed by atoms with van der Waals surface area (Å²) in [7, 11) is -1.85. The van der Waals surface area contributed by atoms with Crippen molar-refractivity contribution in [2.24, 2.45) is 5.41 Å². The van der Waals surface area contributed by atoms with Gasteiger partial charge in [0, 0.05) is 42.1 Å². The van der Waals surface area contributed by atoms with Crippen LogP contribution in [0.3, 0.4) is 0 Å². The van der Waals surface area contributed by atoms with Crippen molar-refractivity contribution in [3.05, 3.63) is 35.8 Å². The molecule has 5 atom stereocenters. The summed E-state index contributed by atoms with van der Waals surface area (Å²) in [4.78, 5) is 31.6. The number of nitrogens with zero attached hydrogens (tertiary/aromatic N) is 2. The monoisotopic (exact) mass is 521 g/mol. The second kappa shape index (κ2) is 9.42. The van der Waals surface area contributed by atoms with E-state index in [0.717, 1.165) is 10.9 Å². The fourth-order valence-corrected chi connectivity index (χ4v) is 6.75. The Labute approximate surface area is 211 Å². The van der Waals surface area contributed by atoms with Crippen molar-refractivity contribution in [2.45, 2.75) is 64.2 Å². The smallest absolute Gasteiger partial charge is 0.246 e. The fourth-order valence-electron chi connectivity index (χ4n) is 5.60. The van der Waals surface area contributed by atoms with Crippen LogP contribution in [-0.4, -0.2) is 85.0 Å². The number of benzene rings is 1. The molecule has 36 heavy (non-hydrogen) atoms. The Bertz CT molecular complexity index is 1270. The van der Waals surface area contributed by atoms with Crippen LogP contribution in [-0.2, 0) is 19.6 Å². The van der Waals surface area contributed by atoms with Gasteiger partial charge in [0.15, 0.2) is 0 Å². The molecule has 0 aliphatic carbocycles. The van der Waals surface area contributed by atoms with E-state index in [2.05, 4.69) is 15.6 Å². The number of H-pyrrole nitrogens is 1. The number of amides is 2. The molecular weight excluding hydrogens is 485 g/mol. The van der Waals surface area contributed by atoms with Crippen molar-refractivity contribution < 1.29 is 22.4 Å². The molecule has 0 saturated carbocycles. The maximum atomic E-state index is 14.0. The van der Waals surface area contributed by atoms with Crippen molar-refractivity contribution in [1.82, 2.24) is 24.8 Å². The van der Waals surface area contributed by atoms with Gasteiger partial charge in [-0.3, -0.25) is 9.59 Å². The van der Waals surface area contributed by atoms with Gasteiger partial charge in [0.2, 0.25) is 21.8 Å². The Hall–Kier alpha value is -2.50. The Morgan fingerprint density at radius 1 is 1.25 bits per heavy atom. The molecule has 1 aromatic heterocycles. The lowest BCUT2D eigenvalue weighted by Gasteiger charge is -2.37. The highest BCUT2D eigenvalue weighted by Gasteiger charge is 2.55. The molecular formula is C25H36FN5O4S. The summed E-state index contributed by atoms with van der Waals surface area (Å²) in [5.74, 6) is -1.17. The molecule has 9 nitrogen and oxygen atoms in total. The summed E-state index contributed by atoms with van der Waals surface area (Å²) < 4.78 is 40.8. The number of likely N-dealkylation sites (N-methyl/N-ethyl adjacent to an activating group) is 1. The topological polar surface area (TPSA) is 115 Å². The number of sulfonamides is 1. The first-order valence-electron chi connectivity index (χ1n) is 12.3. The SMILES string of the molecule is CN[C@@H](C)C(=O)N[C@H](C(=O)N1CC[C@@H]2[C@H]1[C@H](c1c[nH]c3cc(F)ccc13)CN2S(C)(=O)=O)C(C)(C)C. The molecule has 2 amide bonds. The largest absolute Gasteiger partial charge is 0.361 e. The fraction of sp³-hybridized carbons (Fsp3) is 0.600. The maximum absolute atomic E-state index is 14.0. The van der Waals surface area contributed by atoms with Gasteiger partial charge in [-0.1, -0.05) is 20.8 Å². The van der Waals surface area contributed by atoms with E-state index >= 15 is 0 Å². The van der Waals surface area contributed by atoms with E-state index in [9.17, 15) is 22.4 Å². The van der Waals surface area contributed by atoms with Gasteiger partial charge in [-0.2, -0.15) is 4.31 Å². The number of halogens is 1. The maximum Gasteiger partial charge on any atom is 0.246 e. The number of hydrogen-bond acceptors (Lipinski definition) is 5. The lowest BCUT2D eigenvalue weighted by Crippen LogP contribution is -2.59. The molecule has 3 N–H and O–H groups in total. The highest BCUT2D eigenvalue weighted by molar-refractivity contribution is 7.88. The van der Waals surface area contributed by atoms with E-state index in [1.54, 1.807) is 31.1 Å². The van der Waals surface area contributed by atoms with Gasteiger partial charge in [-0.15, -0.1) is 0 Å². The molecule has 0 radical (unpaired) electrons. The third-order valence-electron chi connectivity index (χ3n) is 7.59. The van der Waals surface area contributed by atoms with Crippen LogP contribution in [0.15, 0.2) is 24.4 Å². The molecule has 0 spiro atoms. The van der Waals surface area contributed by atoms with Gasteiger partial charge < -0.3 is 20.5 Å². The van der Waals surface area contributed by atoms with E-state index < -0.39 is 33.6 Å². The van der Waals surface area contributed by atoms with Gasteiger partial charge >= 0.3 is 0 Å². The second-order valence-corrected chi connectivity index (χ2v) is 13.0. The van der Waals surface area contributed by atoms with Crippen molar-refractivity contribution in [3.63, 3.8) is 0 Å². The second-order valence-electron chi connectivity index (χ2n) is 11.1. The third-order valence-corrected chi connectivity index (χ3v) is 8.86. The number of carbonyl (C=O) groups is 2. The van der Waals surface area contributed by atoms with Gasteiger partial charge in [0.1, 0.15) is 11.9 Å². The van der Waals surface area contributed by atoms with Crippen molar-refractivity contribution in [1.29, 1.82) is 0 Å². The molecule has 0 unspecified atom stereocenters. The minimum Gasteiger partial charge on any atom is -0.361 e. The zero-order valence-corrected chi connectivity index (χ0v) is 22.4. The average Bonchev–Trinajstić information content (AvgIpc) is 3.48. The molecule has 2 aliphatic rings. The summed E-state index contributed by atoms with van der Waals surface area (Å²) in [6.07, 6.45) is 3.49. The molecule has 2 saturated heterocycles. The standard InChI is InChI=1S/C25H36FN5O4S/c1-14(27-5)23(32)29-22(25(2,3)4)24(33)30-10-9-20-21(30)18(13-31(20)36(6,34)35)17-12-28-19-11-15(26)7-8-16(17)19/h7-8,11-12,14,18,20-22,27-28H,9-10,13H2,1-6H3,(H,29,32)/t14-,18-,20+,21+,22+/m0/s1. The van der Waals surface area contributed by atoms with Crippen molar-refractivity contribution in [2.75, 3.05) is 26.4 Å². The summed E-state index contributed by atoms with van der Waals surface area (Å²) in [5.41, 5.74) is 0.906. The van der Waals surface area contributed by atoms with Crippen LogP contribution in [0.25, 0.3) is 10.9 Å². The first-order valence-corrected chi connectivity index (χ1v) is 14.1. The van der Waals surface area contributed by atoms with Crippen molar-refractivity contribution in [3.8, 4) is 0 Å². The lowest BCUT2D eigenvalue weighted by atomic mass is 9.84. The van der Waals surface area contributed by atoms with E-state index in [0.29, 0.717) is 18.5 Å². The first-order chi connectivity index (χ1) is 16.7. The van der Waals surface area contributed by atoms with Crippen LogP contribution in [0, 0.1) is 11.2 Å². The number of aromatic nitrogens is 1. The van der Waals surface area contributed by atoms with Crippen LogP contribution in [0.5, 0.6) is 0 Å².